The minimum Gasteiger partial charge on any atom is -0.459 e. The Bertz CT molecular complexity index is 468. The van der Waals surface area contributed by atoms with E-state index in [9.17, 15) is 4.79 Å². The zero-order valence-electron chi connectivity index (χ0n) is 8.97. The number of nitrogens with zero attached hydrogens (tertiary/aromatic N) is 1. The molecule has 2 aromatic rings. The molecule has 1 N–H and O–H groups in total. The van der Waals surface area contributed by atoms with Gasteiger partial charge in [0.15, 0.2) is 0 Å². The molecule has 0 saturated heterocycles. The first-order valence-corrected chi connectivity index (χ1v) is 5.50. The van der Waals surface area contributed by atoms with E-state index in [0.717, 1.165) is 11.3 Å². The molecule has 0 aliphatic heterocycles. The van der Waals surface area contributed by atoms with Crippen molar-refractivity contribution in [1.82, 2.24) is 10.2 Å². The van der Waals surface area contributed by atoms with Crippen LogP contribution in [0.15, 0.2) is 36.5 Å². The molecule has 1 heterocycles. The monoisotopic (exact) mass is 250 g/mol. The van der Waals surface area contributed by atoms with Crippen LogP contribution in [0, 0.1) is 0 Å². The zero-order valence-corrected chi connectivity index (χ0v) is 9.72. The Morgan fingerprint density at radius 3 is 2.71 bits per heavy atom. The SMILES string of the molecule is O=COC(Cc1ccn[nH]1)c1ccc(Cl)cc1. The van der Waals surface area contributed by atoms with Gasteiger partial charge in [-0.3, -0.25) is 9.89 Å². The lowest BCUT2D eigenvalue weighted by atomic mass is 10.1. The van der Waals surface area contributed by atoms with Gasteiger partial charge in [-0.1, -0.05) is 23.7 Å². The molecular weight excluding hydrogens is 240 g/mol. The summed E-state index contributed by atoms with van der Waals surface area (Å²) in [6.45, 7) is 0.454. The van der Waals surface area contributed by atoms with Crippen LogP contribution in [-0.4, -0.2) is 16.7 Å². The number of rotatable bonds is 5. The number of benzene rings is 1. The average molecular weight is 251 g/mol. The van der Waals surface area contributed by atoms with Crippen LogP contribution in [0.3, 0.4) is 0 Å². The highest BCUT2D eigenvalue weighted by Crippen LogP contribution is 2.22. The number of carbonyl (C=O) groups is 1. The van der Waals surface area contributed by atoms with Crippen molar-refractivity contribution in [1.29, 1.82) is 0 Å². The Hall–Kier alpha value is -1.81. The molecule has 0 aliphatic rings. The summed E-state index contributed by atoms with van der Waals surface area (Å²) in [5, 5.41) is 7.34. The van der Waals surface area contributed by atoms with Crippen LogP contribution in [0.25, 0.3) is 0 Å². The molecule has 0 aliphatic carbocycles. The molecule has 0 saturated carbocycles. The van der Waals surface area contributed by atoms with E-state index < -0.39 is 0 Å². The van der Waals surface area contributed by atoms with Gasteiger partial charge >= 0.3 is 0 Å². The number of aromatic amines is 1. The maximum absolute atomic E-state index is 10.5. The molecular formula is C12H11ClN2O2. The molecule has 17 heavy (non-hydrogen) atoms. The lowest BCUT2D eigenvalue weighted by Gasteiger charge is -2.14. The maximum atomic E-state index is 10.5. The molecule has 0 spiro atoms. The molecule has 1 aromatic carbocycles. The summed E-state index contributed by atoms with van der Waals surface area (Å²) in [4.78, 5) is 10.5. The molecule has 1 atom stereocenters. The number of nitrogens with one attached hydrogen (secondary N) is 1. The number of H-pyrrole nitrogens is 1. The van der Waals surface area contributed by atoms with Crippen LogP contribution < -0.4 is 0 Å². The predicted octanol–water partition coefficient (Wildman–Crippen LogP) is 2.52. The fraction of sp³-hybridized carbons (Fsp3) is 0.167. The Kier molecular flexibility index (Phi) is 3.77. The van der Waals surface area contributed by atoms with Gasteiger partial charge in [0, 0.05) is 23.3 Å². The Balaban J connectivity index is 2.16. The predicted molar refractivity (Wildman–Crippen MR) is 63.6 cm³/mol. The number of ether oxygens (including phenoxy) is 1. The molecule has 1 unspecified atom stereocenters. The van der Waals surface area contributed by atoms with E-state index in [1.54, 1.807) is 18.3 Å². The topological polar surface area (TPSA) is 55.0 Å². The molecule has 0 bridgehead atoms. The van der Waals surface area contributed by atoms with E-state index in [1.165, 1.54) is 0 Å². The van der Waals surface area contributed by atoms with Crippen LogP contribution in [-0.2, 0) is 16.0 Å². The first kappa shape index (κ1) is 11.7. The minimum absolute atomic E-state index is 0.329. The highest BCUT2D eigenvalue weighted by Gasteiger charge is 2.13. The summed E-state index contributed by atoms with van der Waals surface area (Å²) in [5.74, 6) is 0. The van der Waals surface area contributed by atoms with Gasteiger partial charge < -0.3 is 4.74 Å². The van der Waals surface area contributed by atoms with Crippen molar-refractivity contribution in [3.8, 4) is 0 Å². The van der Waals surface area contributed by atoms with Gasteiger partial charge in [0.2, 0.25) is 0 Å². The lowest BCUT2D eigenvalue weighted by Crippen LogP contribution is -2.07. The van der Waals surface area contributed by atoms with Crippen molar-refractivity contribution in [2.75, 3.05) is 0 Å². The summed E-state index contributed by atoms with van der Waals surface area (Å²) in [7, 11) is 0. The second-order valence-electron chi connectivity index (χ2n) is 3.56. The number of aromatic nitrogens is 2. The average Bonchev–Trinajstić information content (AvgIpc) is 2.82. The van der Waals surface area contributed by atoms with Crippen LogP contribution in [0.1, 0.15) is 17.4 Å². The normalized spacial score (nSPS) is 12.1. The second-order valence-corrected chi connectivity index (χ2v) is 3.99. The number of hydrogen-bond acceptors (Lipinski definition) is 3. The van der Waals surface area contributed by atoms with Crippen molar-refractivity contribution in [3.05, 3.63) is 52.8 Å². The largest absolute Gasteiger partial charge is 0.459 e. The van der Waals surface area contributed by atoms with E-state index in [-0.39, 0.29) is 6.10 Å². The van der Waals surface area contributed by atoms with E-state index in [1.807, 2.05) is 18.2 Å². The molecule has 0 radical (unpaired) electrons. The minimum atomic E-state index is -0.329. The van der Waals surface area contributed by atoms with Gasteiger partial charge in [-0.2, -0.15) is 5.10 Å². The molecule has 1 aromatic heterocycles. The van der Waals surface area contributed by atoms with Gasteiger partial charge in [-0.25, -0.2) is 0 Å². The Labute approximate surface area is 104 Å². The van der Waals surface area contributed by atoms with Crippen molar-refractivity contribution in [3.63, 3.8) is 0 Å². The van der Waals surface area contributed by atoms with E-state index >= 15 is 0 Å². The summed E-state index contributed by atoms with van der Waals surface area (Å²) in [6.07, 6.45) is 1.89. The maximum Gasteiger partial charge on any atom is 0.293 e. The van der Waals surface area contributed by atoms with Gasteiger partial charge in [0.25, 0.3) is 6.47 Å². The van der Waals surface area contributed by atoms with Crippen LogP contribution in [0.4, 0.5) is 0 Å². The molecule has 4 nitrogen and oxygen atoms in total. The molecule has 2 rings (SSSR count). The summed E-state index contributed by atoms with van der Waals surface area (Å²) < 4.78 is 5.07. The van der Waals surface area contributed by atoms with E-state index in [4.69, 9.17) is 16.3 Å². The first-order chi connectivity index (χ1) is 8.29. The smallest absolute Gasteiger partial charge is 0.293 e. The first-order valence-electron chi connectivity index (χ1n) is 5.12. The van der Waals surface area contributed by atoms with Crippen molar-refractivity contribution in [2.24, 2.45) is 0 Å². The highest BCUT2D eigenvalue weighted by molar-refractivity contribution is 6.30. The van der Waals surface area contributed by atoms with Crippen molar-refractivity contribution < 1.29 is 9.53 Å². The number of hydrogen-bond donors (Lipinski definition) is 1. The standard InChI is InChI=1S/C12H11ClN2O2/c13-10-3-1-9(2-4-10)12(17-8-16)7-11-5-6-14-15-11/h1-6,8,12H,7H2,(H,14,15). The summed E-state index contributed by atoms with van der Waals surface area (Å²) in [5.41, 5.74) is 1.81. The molecule has 0 amide bonds. The fourth-order valence-corrected chi connectivity index (χ4v) is 1.71. The van der Waals surface area contributed by atoms with Gasteiger partial charge in [-0.05, 0) is 23.8 Å². The second kappa shape index (κ2) is 5.50. The van der Waals surface area contributed by atoms with E-state index in [2.05, 4.69) is 10.2 Å². The van der Waals surface area contributed by atoms with Gasteiger partial charge in [-0.15, -0.1) is 0 Å². The molecule has 0 fully saturated rings. The van der Waals surface area contributed by atoms with Crippen molar-refractivity contribution in [2.45, 2.75) is 12.5 Å². The lowest BCUT2D eigenvalue weighted by molar-refractivity contribution is -0.133. The third-order valence-electron chi connectivity index (χ3n) is 2.43. The van der Waals surface area contributed by atoms with Gasteiger partial charge in [0.1, 0.15) is 6.10 Å². The van der Waals surface area contributed by atoms with Crippen LogP contribution >= 0.6 is 11.6 Å². The Morgan fingerprint density at radius 1 is 1.35 bits per heavy atom. The Morgan fingerprint density at radius 2 is 2.12 bits per heavy atom. The van der Waals surface area contributed by atoms with E-state index in [0.29, 0.717) is 17.9 Å². The third-order valence-corrected chi connectivity index (χ3v) is 2.68. The number of carbonyl (C=O) groups excluding carboxylic acids is 1. The van der Waals surface area contributed by atoms with Crippen LogP contribution in [0.2, 0.25) is 5.02 Å². The zero-order chi connectivity index (χ0) is 12.1. The summed E-state index contributed by atoms with van der Waals surface area (Å²) in [6, 6.07) is 9.06. The van der Waals surface area contributed by atoms with Gasteiger partial charge in [0.05, 0.1) is 0 Å². The molecule has 88 valence electrons. The molecule has 5 heteroatoms. The fourth-order valence-electron chi connectivity index (χ4n) is 1.59. The quantitative estimate of drug-likeness (QED) is 0.830. The van der Waals surface area contributed by atoms with Crippen LogP contribution in [0.5, 0.6) is 0 Å². The highest BCUT2D eigenvalue weighted by atomic mass is 35.5. The summed E-state index contributed by atoms with van der Waals surface area (Å²) >= 11 is 5.81. The third kappa shape index (κ3) is 3.07. The van der Waals surface area contributed by atoms with Crippen molar-refractivity contribution >= 4 is 18.1 Å². The number of halogens is 1.